The van der Waals surface area contributed by atoms with Crippen molar-refractivity contribution >= 4 is 52.8 Å². The van der Waals surface area contributed by atoms with Crippen molar-refractivity contribution in [2.24, 2.45) is 5.92 Å². The molecular weight excluding hydrogens is 570 g/mol. The van der Waals surface area contributed by atoms with Gasteiger partial charge in [0, 0.05) is 28.9 Å². The van der Waals surface area contributed by atoms with Gasteiger partial charge in [0.15, 0.2) is 8.07 Å². The molecule has 0 aliphatic rings. The zero-order chi connectivity index (χ0) is 31.0. The SMILES string of the molecule is CCCCCCc1cc2ccc(Cl)cc2n1C(=O)CC(C)CC(=O)OC[Si](c1ccccc1)(c1ccccc1)C(C)(C)C. The summed E-state index contributed by atoms with van der Waals surface area (Å²) in [4.78, 5) is 27.1. The lowest BCUT2D eigenvalue weighted by Crippen LogP contribution is -2.67. The molecule has 4 rings (SSSR count). The van der Waals surface area contributed by atoms with Gasteiger partial charge in [-0.1, -0.05) is 132 Å². The van der Waals surface area contributed by atoms with Crippen LogP contribution < -0.4 is 10.4 Å². The number of esters is 1. The number of carbonyl (C=O) groups is 2. The average molecular weight is 616 g/mol. The predicted molar refractivity (Wildman–Crippen MR) is 182 cm³/mol. The lowest BCUT2D eigenvalue weighted by molar-refractivity contribution is -0.142. The Hall–Kier alpha value is -3.15. The lowest BCUT2D eigenvalue weighted by atomic mass is 10.0. The molecule has 4 aromatic rings. The summed E-state index contributed by atoms with van der Waals surface area (Å²) in [5.41, 5.74) is 1.85. The molecule has 228 valence electrons. The van der Waals surface area contributed by atoms with Crippen LogP contribution in [0.25, 0.3) is 10.9 Å². The second-order valence-electron chi connectivity index (χ2n) is 12.9. The Morgan fingerprint density at radius 1 is 0.860 bits per heavy atom. The fourth-order valence-electron chi connectivity index (χ4n) is 6.30. The number of hydrogen-bond donors (Lipinski definition) is 0. The van der Waals surface area contributed by atoms with E-state index in [-0.39, 0.29) is 35.7 Å². The van der Waals surface area contributed by atoms with Gasteiger partial charge in [-0.25, -0.2) is 0 Å². The topological polar surface area (TPSA) is 48.3 Å². The van der Waals surface area contributed by atoms with Crippen molar-refractivity contribution in [1.82, 2.24) is 4.57 Å². The molecule has 43 heavy (non-hydrogen) atoms. The van der Waals surface area contributed by atoms with Gasteiger partial charge in [0.05, 0.1) is 11.7 Å². The Balaban J connectivity index is 1.50. The van der Waals surface area contributed by atoms with Gasteiger partial charge in [0.2, 0.25) is 5.91 Å². The van der Waals surface area contributed by atoms with Crippen LogP contribution in [0.4, 0.5) is 0 Å². The number of halogens is 1. The van der Waals surface area contributed by atoms with Crippen LogP contribution in [0.5, 0.6) is 0 Å². The first-order valence-electron chi connectivity index (χ1n) is 15.7. The van der Waals surface area contributed by atoms with Crippen LogP contribution in [0.3, 0.4) is 0 Å². The van der Waals surface area contributed by atoms with E-state index in [1.165, 1.54) is 23.2 Å². The summed E-state index contributed by atoms with van der Waals surface area (Å²) in [7, 11) is -2.53. The maximum Gasteiger partial charge on any atom is 0.305 e. The summed E-state index contributed by atoms with van der Waals surface area (Å²) in [5.74, 6) is -0.424. The summed E-state index contributed by atoms with van der Waals surface area (Å²) in [6, 6.07) is 28.8. The van der Waals surface area contributed by atoms with Crippen molar-refractivity contribution in [3.05, 3.63) is 95.6 Å². The summed E-state index contributed by atoms with van der Waals surface area (Å²) in [6.45, 7) is 10.9. The van der Waals surface area contributed by atoms with Crippen molar-refractivity contribution in [2.45, 2.75) is 84.6 Å². The van der Waals surface area contributed by atoms with Crippen molar-refractivity contribution in [3.8, 4) is 0 Å². The second-order valence-corrected chi connectivity index (χ2v) is 18.1. The van der Waals surface area contributed by atoms with Crippen LogP contribution in [0.1, 0.15) is 83.6 Å². The molecule has 0 amide bonds. The van der Waals surface area contributed by atoms with Gasteiger partial charge in [-0.15, -0.1) is 0 Å². The van der Waals surface area contributed by atoms with Gasteiger partial charge < -0.3 is 4.74 Å². The molecule has 0 spiro atoms. The van der Waals surface area contributed by atoms with E-state index in [1.54, 1.807) is 0 Å². The van der Waals surface area contributed by atoms with Crippen LogP contribution >= 0.6 is 11.6 Å². The van der Waals surface area contributed by atoms with Crippen molar-refractivity contribution in [1.29, 1.82) is 0 Å². The molecule has 0 saturated carbocycles. The van der Waals surface area contributed by atoms with E-state index in [0.29, 0.717) is 11.3 Å². The minimum Gasteiger partial charge on any atom is -0.469 e. The largest absolute Gasteiger partial charge is 0.469 e. The molecule has 0 aliphatic carbocycles. The molecule has 0 saturated heterocycles. The average Bonchev–Trinajstić information content (AvgIpc) is 3.33. The minimum absolute atomic E-state index is 0.00459. The Morgan fingerprint density at radius 2 is 1.49 bits per heavy atom. The third kappa shape index (κ3) is 7.68. The Bertz CT molecular complexity index is 1470. The van der Waals surface area contributed by atoms with Crippen LogP contribution in [-0.2, 0) is 16.0 Å². The Labute approximate surface area is 263 Å². The first kappa shape index (κ1) is 32.8. The monoisotopic (exact) mass is 615 g/mol. The Morgan fingerprint density at radius 3 is 2.07 bits per heavy atom. The van der Waals surface area contributed by atoms with Crippen molar-refractivity contribution in [3.63, 3.8) is 0 Å². The molecule has 0 aliphatic heterocycles. The van der Waals surface area contributed by atoms with Gasteiger partial charge in [-0.3, -0.25) is 14.2 Å². The van der Waals surface area contributed by atoms with Gasteiger partial charge in [0.25, 0.3) is 0 Å². The Kier molecular flexibility index (Phi) is 11.1. The molecular formula is C37H46ClNO3Si. The first-order chi connectivity index (χ1) is 20.6. The third-order valence-electron chi connectivity index (χ3n) is 8.68. The van der Waals surface area contributed by atoms with E-state index in [1.807, 2.05) is 41.8 Å². The second kappa shape index (κ2) is 14.5. The van der Waals surface area contributed by atoms with E-state index in [2.05, 4.69) is 82.3 Å². The number of nitrogens with zero attached hydrogens (tertiary/aromatic N) is 1. The number of carbonyl (C=O) groups excluding carboxylic acids is 2. The highest BCUT2D eigenvalue weighted by atomic mass is 35.5. The van der Waals surface area contributed by atoms with E-state index in [4.69, 9.17) is 16.3 Å². The lowest BCUT2D eigenvalue weighted by Gasteiger charge is -2.43. The molecule has 4 nitrogen and oxygen atoms in total. The number of aryl methyl sites for hydroxylation is 1. The number of hydrogen-bond acceptors (Lipinski definition) is 3. The maximum atomic E-state index is 13.7. The van der Waals surface area contributed by atoms with Crippen molar-refractivity contribution < 1.29 is 14.3 Å². The van der Waals surface area contributed by atoms with Gasteiger partial charge in [-0.05, 0) is 52.4 Å². The highest BCUT2D eigenvalue weighted by Gasteiger charge is 2.49. The molecule has 3 aromatic carbocycles. The molecule has 1 aromatic heterocycles. The van der Waals surface area contributed by atoms with Crippen LogP contribution in [0, 0.1) is 5.92 Å². The normalized spacial score (nSPS) is 12.8. The fraction of sp³-hybridized carbons (Fsp3) is 0.405. The number of aromatic nitrogens is 1. The molecule has 0 N–H and O–H groups in total. The zero-order valence-corrected chi connectivity index (χ0v) is 28.1. The number of rotatable bonds is 13. The van der Waals surface area contributed by atoms with E-state index in [0.717, 1.165) is 35.9 Å². The number of ether oxygens (including phenoxy) is 1. The van der Waals surface area contributed by atoms with Crippen LogP contribution in [-0.4, -0.2) is 30.7 Å². The summed E-state index contributed by atoms with van der Waals surface area (Å²) >= 11 is 6.33. The summed E-state index contributed by atoms with van der Waals surface area (Å²) < 4.78 is 7.99. The number of benzene rings is 3. The molecule has 0 fully saturated rings. The molecule has 0 bridgehead atoms. The fourth-order valence-corrected chi connectivity index (χ4v) is 11.2. The van der Waals surface area contributed by atoms with Gasteiger partial charge in [0.1, 0.15) is 0 Å². The van der Waals surface area contributed by atoms with E-state index >= 15 is 0 Å². The first-order valence-corrected chi connectivity index (χ1v) is 18.2. The molecule has 1 unspecified atom stereocenters. The number of unbranched alkanes of at least 4 members (excludes halogenated alkanes) is 3. The van der Waals surface area contributed by atoms with Crippen LogP contribution in [0.15, 0.2) is 84.9 Å². The number of fused-ring (bicyclic) bond motifs is 1. The minimum atomic E-state index is -2.53. The standard InChI is InChI=1S/C37H46ClNO3Si/c1-6-7-8-11-16-31-25-29-21-22-30(38)26-34(29)39(31)35(40)23-28(2)24-36(41)42-27-43(37(3,4)5,32-17-12-9-13-18-32)33-19-14-10-15-20-33/h9-10,12-15,17-22,25-26,28H,6-8,11,16,23-24,27H2,1-5H3. The van der Waals surface area contributed by atoms with Crippen LogP contribution in [0.2, 0.25) is 10.1 Å². The van der Waals surface area contributed by atoms with Crippen molar-refractivity contribution in [2.75, 3.05) is 6.23 Å². The zero-order valence-electron chi connectivity index (χ0n) is 26.4. The molecule has 1 heterocycles. The van der Waals surface area contributed by atoms with Gasteiger partial charge >= 0.3 is 5.97 Å². The third-order valence-corrected chi connectivity index (χ3v) is 14.7. The molecule has 1 atom stereocenters. The molecule has 0 radical (unpaired) electrons. The van der Waals surface area contributed by atoms with Gasteiger partial charge in [-0.2, -0.15) is 0 Å². The highest BCUT2D eigenvalue weighted by Crippen LogP contribution is 2.36. The summed E-state index contributed by atoms with van der Waals surface area (Å²) in [6.07, 6.45) is 6.17. The smallest absolute Gasteiger partial charge is 0.305 e. The highest BCUT2D eigenvalue weighted by molar-refractivity contribution is 7.04. The summed E-state index contributed by atoms with van der Waals surface area (Å²) in [5, 5.41) is 4.00. The molecule has 6 heteroatoms. The van der Waals surface area contributed by atoms with E-state index in [9.17, 15) is 9.59 Å². The predicted octanol–water partition coefficient (Wildman–Crippen LogP) is 8.62. The van der Waals surface area contributed by atoms with E-state index < -0.39 is 8.07 Å². The maximum absolute atomic E-state index is 13.7. The quantitative estimate of drug-likeness (QED) is 0.0859.